The molecule has 4 heteroatoms. The van der Waals surface area contributed by atoms with Gasteiger partial charge in [-0.2, -0.15) is 0 Å². The molecule has 0 atom stereocenters. The van der Waals surface area contributed by atoms with E-state index in [1.54, 1.807) is 6.07 Å². The van der Waals surface area contributed by atoms with Gasteiger partial charge in [0.1, 0.15) is 5.76 Å². The number of hydrogen-bond donors (Lipinski definition) is 1. The van der Waals surface area contributed by atoms with Crippen LogP contribution in [0.15, 0.2) is 16.7 Å². The zero-order valence-corrected chi connectivity index (χ0v) is 8.02. The molecule has 1 aromatic rings. The number of nitrogens with two attached hydrogens (primary N) is 1. The van der Waals surface area contributed by atoms with Gasteiger partial charge in [-0.15, -0.1) is 0 Å². The Morgan fingerprint density at radius 1 is 1.50 bits per heavy atom. The highest BCUT2D eigenvalue weighted by Gasteiger charge is 2.58. The van der Waals surface area contributed by atoms with Gasteiger partial charge in [-0.25, -0.2) is 8.78 Å². The van der Waals surface area contributed by atoms with Crippen LogP contribution >= 0.6 is 0 Å². The quantitative estimate of drug-likeness (QED) is 0.796. The van der Waals surface area contributed by atoms with Crippen molar-refractivity contribution in [2.45, 2.75) is 31.1 Å². The normalized spacial score (nSPS) is 23.1. The molecule has 0 spiro atoms. The summed E-state index contributed by atoms with van der Waals surface area (Å²) in [5, 5.41) is 0. The molecule has 0 amide bonds. The molecule has 1 aliphatic rings. The van der Waals surface area contributed by atoms with E-state index in [9.17, 15) is 8.78 Å². The van der Waals surface area contributed by atoms with Crippen LogP contribution in [0, 0.1) is 6.92 Å². The van der Waals surface area contributed by atoms with E-state index in [2.05, 4.69) is 0 Å². The van der Waals surface area contributed by atoms with Crippen molar-refractivity contribution >= 4 is 0 Å². The number of furan rings is 1. The molecule has 78 valence electrons. The van der Waals surface area contributed by atoms with Crippen LogP contribution in [-0.4, -0.2) is 12.5 Å². The van der Waals surface area contributed by atoms with Gasteiger partial charge in [-0.1, -0.05) is 0 Å². The standard InChI is InChI=1S/C10H13F2NO/c1-7-2-3-14-8(7)9(6-13)4-10(11,12)5-9/h2-3H,4-6,13H2,1H3. The number of aryl methyl sites for hydroxylation is 1. The summed E-state index contributed by atoms with van der Waals surface area (Å²) >= 11 is 0. The molecule has 0 radical (unpaired) electrons. The van der Waals surface area contributed by atoms with Crippen molar-refractivity contribution in [3.8, 4) is 0 Å². The van der Waals surface area contributed by atoms with Crippen molar-refractivity contribution in [1.82, 2.24) is 0 Å². The summed E-state index contributed by atoms with van der Waals surface area (Å²) in [6.45, 7) is 2.07. The van der Waals surface area contributed by atoms with Crippen LogP contribution in [0.4, 0.5) is 8.78 Å². The van der Waals surface area contributed by atoms with Crippen molar-refractivity contribution in [2.75, 3.05) is 6.54 Å². The van der Waals surface area contributed by atoms with Gasteiger partial charge >= 0.3 is 0 Å². The van der Waals surface area contributed by atoms with Gasteiger partial charge in [-0.05, 0) is 18.6 Å². The smallest absolute Gasteiger partial charge is 0.250 e. The number of halogens is 2. The van der Waals surface area contributed by atoms with Gasteiger partial charge in [-0.3, -0.25) is 0 Å². The van der Waals surface area contributed by atoms with Crippen LogP contribution in [0.5, 0.6) is 0 Å². The molecule has 2 rings (SSSR count). The third-order valence-corrected chi connectivity index (χ3v) is 2.93. The molecule has 1 saturated carbocycles. The van der Waals surface area contributed by atoms with Crippen LogP contribution in [0.25, 0.3) is 0 Å². The predicted octanol–water partition coefficient (Wildman–Crippen LogP) is 2.21. The summed E-state index contributed by atoms with van der Waals surface area (Å²) in [5.74, 6) is -1.94. The second kappa shape index (κ2) is 2.79. The highest BCUT2D eigenvalue weighted by molar-refractivity contribution is 5.29. The highest BCUT2D eigenvalue weighted by atomic mass is 19.3. The summed E-state index contributed by atoms with van der Waals surface area (Å²) in [5.41, 5.74) is 5.84. The molecule has 1 heterocycles. The Kier molecular flexibility index (Phi) is 1.93. The maximum absolute atomic E-state index is 12.8. The lowest BCUT2D eigenvalue weighted by molar-refractivity contribution is -0.129. The molecule has 2 N–H and O–H groups in total. The SMILES string of the molecule is Cc1ccoc1C1(CN)CC(F)(F)C1. The maximum Gasteiger partial charge on any atom is 0.250 e. The third kappa shape index (κ3) is 1.25. The van der Waals surface area contributed by atoms with E-state index in [-0.39, 0.29) is 19.4 Å². The lowest BCUT2D eigenvalue weighted by Gasteiger charge is -2.45. The molecule has 0 aromatic carbocycles. The first-order chi connectivity index (χ1) is 6.49. The molecule has 2 nitrogen and oxygen atoms in total. The third-order valence-electron chi connectivity index (χ3n) is 2.93. The summed E-state index contributed by atoms with van der Waals surface area (Å²) in [7, 11) is 0. The summed E-state index contributed by atoms with van der Waals surface area (Å²) in [6.07, 6.45) is 1.15. The zero-order valence-electron chi connectivity index (χ0n) is 8.02. The van der Waals surface area contributed by atoms with Crippen molar-refractivity contribution < 1.29 is 13.2 Å². The Balaban J connectivity index is 2.29. The van der Waals surface area contributed by atoms with Crippen LogP contribution in [0.1, 0.15) is 24.2 Å². The maximum atomic E-state index is 12.8. The molecule has 0 unspecified atom stereocenters. The van der Waals surface area contributed by atoms with E-state index in [4.69, 9.17) is 10.2 Å². The van der Waals surface area contributed by atoms with Crippen molar-refractivity contribution in [2.24, 2.45) is 5.73 Å². The summed E-state index contributed by atoms with van der Waals surface area (Å²) < 4.78 is 30.9. The minimum Gasteiger partial charge on any atom is -0.468 e. The molecule has 14 heavy (non-hydrogen) atoms. The minimum atomic E-state index is -2.57. The molecular weight excluding hydrogens is 188 g/mol. The predicted molar refractivity (Wildman–Crippen MR) is 48.4 cm³/mol. The summed E-state index contributed by atoms with van der Waals surface area (Å²) in [4.78, 5) is 0. The fraction of sp³-hybridized carbons (Fsp3) is 0.600. The Bertz CT molecular complexity index is 338. The molecule has 0 aliphatic heterocycles. The van der Waals surface area contributed by atoms with Crippen molar-refractivity contribution in [1.29, 1.82) is 0 Å². The molecule has 0 saturated heterocycles. The van der Waals surface area contributed by atoms with Gasteiger partial charge in [0.15, 0.2) is 0 Å². The van der Waals surface area contributed by atoms with Crippen molar-refractivity contribution in [3.05, 3.63) is 23.7 Å². The molecule has 1 fully saturated rings. The van der Waals surface area contributed by atoms with Crippen molar-refractivity contribution in [3.63, 3.8) is 0 Å². The first-order valence-corrected chi connectivity index (χ1v) is 4.62. The number of alkyl halides is 2. The first-order valence-electron chi connectivity index (χ1n) is 4.62. The summed E-state index contributed by atoms with van der Waals surface area (Å²) in [6, 6.07) is 1.78. The Morgan fingerprint density at radius 2 is 2.14 bits per heavy atom. The van der Waals surface area contributed by atoms with E-state index < -0.39 is 11.3 Å². The van der Waals surface area contributed by atoms with Crippen LogP contribution < -0.4 is 5.73 Å². The Hall–Kier alpha value is -0.900. The first kappa shape index (κ1) is 9.65. The average molecular weight is 201 g/mol. The zero-order chi connectivity index (χ0) is 10.4. The van der Waals surface area contributed by atoms with E-state index in [1.165, 1.54) is 6.26 Å². The average Bonchev–Trinajstić information content (AvgIpc) is 2.46. The minimum absolute atomic E-state index is 0.190. The topological polar surface area (TPSA) is 39.2 Å². The lowest BCUT2D eigenvalue weighted by atomic mass is 9.64. The largest absolute Gasteiger partial charge is 0.468 e. The Labute approximate surface area is 81.1 Å². The van der Waals surface area contributed by atoms with Gasteiger partial charge < -0.3 is 10.2 Å². The molecular formula is C10H13F2NO. The van der Waals surface area contributed by atoms with E-state index in [0.29, 0.717) is 5.76 Å². The second-order valence-corrected chi connectivity index (χ2v) is 4.13. The highest BCUT2D eigenvalue weighted by Crippen LogP contribution is 2.53. The van der Waals surface area contributed by atoms with Crippen LogP contribution in [0.2, 0.25) is 0 Å². The van der Waals surface area contributed by atoms with E-state index in [0.717, 1.165) is 5.56 Å². The fourth-order valence-corrected chi connectivity index (χ4v) is 2.25. The number of hydrogen-bond acceptors (Lipinski definition) is 2. The van der Waals surface area contributed by atoms with Gasteiger partial charge in [0.25, 0.3) is 0 Å². The van der Waals surface area contributed by atoms with Gasteiger partial charge in [0.2, 0.25) is 5.92 Å². The molecule has 1 aromatic heterocycles. The van der Waals surface area contributed by atoms with Gasteiger partial charge in [0, 0.05) is 19.4 Å². The van der Waals surface area contributed by atoms with Crippen LogP contribution in [-0.2, 0) is 5.41 Å². The van der Waals surface area contributed by atoms with E-state index >= 15 is 0 Å². The second-order valence-electron chi connectivity index (χ2n) is 4.13. The molecule has 1 aliphatic carbocycles. The Morgan fingerprint density at radius 3 is 2.50 bits per heavy atom. The monoisotopic (exact) mass is 201 g/mol. The van der Waals surface area contributed by atoms with Gasteiger partial charge in [0.05, 0.1) is 11.7 Å². The van der Waals surface area contributed by atoms with Crippen LogP contribution in [0.3, 0.4) is 0 Å². The fourth-order valence-electron chi connectivity index (χ4n) is 2.25. The van der Waals surface area contributed by atoms with E-state index in [1.807, 2.05) is 6.92 Å². The number of rotatable bonds is 2. The lowest BCUT2D eigenvalue weighted by Crippen LogP contribution is -2.53. The molecule has 0 bridgehead atoms.